The van der Waals surface area contributed by atoms with Crippen LogP contribution in [-0.4, -0.2) is 19.6 Å². The van der Waals surface area contributed by atoms with Gasteiger partial charge in [-0.2, -0.15) is 0 Å². The quantitative estimate of drug-likeness (QED) is 0.305. The largest absolute Gasteiger partial charge is 0.497 e. The summed E-state index contributed by atoms with van der Waals surface area (Å²) in [5, 5.41) is 3.28. The molecule has 34 heavy (non-hydrogen) atoms. The van der Waals surface area contributed by atoms with E-state index in [4.69, 9.17) is 13.9 Å². The molecule has 4 aromatic rings. The van der Waals surface area contributed by atoms with Gasteiger partial charge in [0.05, 0.1) is 25.7 Å². The molecule has 4 rings (SSSR count). The average Bonchev–Trinajstić information content (AvgIpc) is 3.23. The minimum absolute atomic E-state index is 0.105. The van der Waals surface area contributed by atoms with Crippen molar-refractivity contribution in [1.82, 2.24) is 0 Å². The number of amides is 1. The fraction of sp³-hybridized carbons (Fsp3) is 0.148. The van der Waals surface area contributed by atoms with Crippen molar-refractivity contribution in [3.8, 4) is 22.6 Å². The molecule has 3 aromatic carbocycles. The summed E-state index contributed by atoms with van der Waals surface area (Å²) in [5.41, 5.74) is 3.60. The van der Waals surface area contributed by atoms with Crippen LogP contribution in [0.15, 0.2) is 71.4 Å². The summed E-state index contributed by atoms with van der Waals surface area (Å²) in [4.78, 5) is 12.6. The lowest BCUT2D eigenvalue weighted by Gasteiger charge is -2.12. The van der Waals surface area contributed by atoms with Gasteiger partial charge in [-0.3, -0.25) is 4.79 Å². The van der Waals surface area contributed by atoms with Crippen LogP contribution >= 0.6 is 0 Å². The van der Waals surface area contributed by atoms with Gasteiger partial charge in [-0.1, -0.05) is 12.1 Å². The molecule has 1 N–H and O–H groups in total. The van der Waals surface area contributed by atoms with Crippen LogP contribution in [-0.2, 0) is 4.79 Å². The zero-order valence-electron chi connectivity index (χ0n) is 18.9. The first-order chi connectivity index (χ1) is 16.4. The van der Waals surface area contributed by atoms with E-state index in [1.165, 1.54) is 12.1 Å². The zero-order chi connectivity index (χ0) is 24.2. The molecule has 0 spiro atoms. The lowest BCUT2D eigenvalue weighted by molar-refractivity contribution is -0.111. The van der Waals surface area contributed by atoms with Gasteiger partial charge in [0.25, 0.3) is 0 Å². The third-order valence-electron chi connectivity index (χ3n) is 5.32. The zero-order valence-corrected chi connectivity index (χ0v) is 18.9. The molecule has 0 aliphatic carbocycles. The monoisotopic (exact) mass is 463 g/mol. The van der Waals surface area contributed by atoms with E-state index in [2.05, 4.69) is 5.32 Å². The smallest absolute Gasteiger partial charge is 0.248 e. The Morgan fingerprint density at radius 3 is 2.68 bits per heavy atom. The van der Waals surface area contributed by atoms with E-state index in [0.29, 0.717) is 35.1 Å². The number of furan rings is 1. The van der Waals surface area contributed by atoms with Gasteiger partial charge in [0.15, 0.2) is 0 Å². The van der Waals surface area contributed by atoms with Crippen molar-refractivity contribution in [2.75, 3.05) is 19.0 Å². The molecular formula is C27H23F2NO4. The first-order valence-corrected chi connectivity index (χ1v) is 10.7. The minimum Gasteiger partial charge on any atom is -0.497 e. The number of anilines is 1. The second-order valence-electron chi connectivity index (χ2n) is 7.60. The molecule has 174 valence electrons. The Kier molecular flexibility index (Phi) is 6.63. The molecule has 0 aliphatic heterocycles. The van der Waals surface area contributed by atoms with Crippen LogP contribution in [0, 0.1) is 11.6 Å². The number of hydrogen-bond acceptors (Lipinski definition) is 4. The van der Waals surface area contributed by atoms with Crippen LogP contribution < -0.4 is 14.8 Å². The van der Waals surface area contributed by atoms with E-state index >= 15 is 0 Å². The fourth-order valence-corrected chi connectivity index (χ4v) is 3.69. The van der Waals surface area contributed by atoms with E-state index in [1.54, 1.807) is 26.4 Å². The van der Waals surface area contributed by atoms with Gasteiger partial charge in [-0.15, -0.1) is 0 Å². The Morgan fingerprint density at radius 1 is 1.12 bits per heavy atom. The summed E-state index contributed by atoms with van der Waals surface area (Å²) in [6, 6.07) is 14.3. The Labute approximate surface area is 195 Å². The summed E-state index contributed by atoms with van der Waals surface area (Å²) in [5.74, 6) is -0.846. The van der Waals surface area contributed by atoms with Gasteiger partial charge in [0, 0.05) is 34.7 Å². The average molecular weight is 463 g/mol. The van der Waals surface area contributed by atoms with Crippen LogP contribution in [0.25, 0.3) is 27.7 Å². The Hall–Kier alpha value is -4.13. The highest BCUT2D eigenvalue weighted by molar-refractivity contribution is 6.05. The third-order valence-corrected chi connectivity index (χ3v) is 5.32. The van der Waals surface area contributed by atoms with Crippen molar-refractivity contribution < 1.29 is 27.5 Å². The number of benzene rings is 3. The lowest BCUT2D eigenvalue weighted by atomic mass is 9.99. The van der Waals surface area contributed by atoms with Gasteiger partial charge in [-0.05, 0) is 55.3 Å². The van der Waals surface area contributed by atoms with Crippen LogP contribution in [0.4, 0.5) is 14.5 Å². The second-order valence-corrected chi connectivity index (χ2v) is 7.60. The predicted octanol–water partition coefficient (Wildman–Crippen LogP) is 6.83. The lowest BCUT2D eigenvalue weighted by Crippen LogP contribution is -2.10. The number of fused-ring (bicyclic) bond motifs is 1. The van der Waals surface area contributed by atoms with Crippen LogP contribution in [0.5, 0.6) is 11.5 Å². The number of ether oxygens (including phenoxy) is 2. The van der Waals surface area contributed by atoms with Crippen molar-refractivity contribution in [2.45, 2.75) is 13.8 Å². The first kappa shape index (κ1) is 23.0. The van der Waals surface area contributed by atoms with E-state index in [0.717, 1.165) is 28.3 Å². The SMILES string of the molecule is CCOc1cc2occ(-c3cccc(OC)c3)c2cc1/C(C)=C/C(=O)Nc1ccc(F)cc1F. The number of halogens is 2. The number of carbonyl (C=O) groups excluding carboxylic acids is 1. The van der Waals surface area contributed by atoms with Crippen molar-refractivity contribution in [3.63, 3.8) is 0 Å². The van der Waals surface area contributed by atoms with E-state index in [9.17, 15) is 13.6 Å². The van der Waals surface area contributed by atoms with E-state index < -0.39 is 17.5 Å². The van der Waals surface area contributed by atoms with Crippen LogP contribution in [0.3, 0.4) is 0 Å². The maximum atomic E-state index is 13.9. The number of carbonyl (C=O) groups is 1. The normalized spacial score (nSPS) is 11.5. The highest BCUT2D eigenvalue weighted by Gasteiger charge is 2.16. The first-order valence-electron chi connectivity index (χ1n) is 10.7. The third kappa shape index (κ3) is 4.78. The highest BCUT2D eigenvalue weighted by atomic mass is 19.1. The Morgan fingerprint density at radius 2 is 1.94 bits per heavy atom. The van der Waals surface area contributed by atoms with Crippen molar-refractivity contribution in [3.05, 3.63) is 84.1 Å². The molecule has 0 fully saturated rings. The highest BCUT2D eigenvalue weighted by Crippen LogP contribution is 2.38. The molecule has 0 aliphatic rings. The topological polar surface area (TPSA) is 60.7 Å². The predicted molar refractivity (Wildman–Crippen MR) is 128 cm³/mol. The van der Waals surface area contributed by atoms with Gasteiger partial charge >= 0.3 is 0 Å². The van der Waals surface area contributed by atoms with Gasteiger partial charge < -0.3 is 19.2 Å². The number of allylic oxidation sites excluding steroid dienone is 1. The minimum atomic E-state index is -0.850. The van der Waals surface area contributed by atoms with Gasteiger partial charge in [0.2, 0.25) is 5.91 Å². The molecule has 7 heteroatoms. The molecule has 0 unspecified atom stereocenters. The molecule has 1 amide bonds. The Bertz CT molecular complexity index is 1390. The molecule has 1 aromatic heterocycles. The Balaban J connectivity index is 1.73. The number of hydrogen-bond donors (Lipinski definition) is 1. The van der Waals surface area contributed by atoms with Crippen molar-refractivity contribution in [1.29, 1.82) is 0 Å². The summed E-state index contributed by atoms with van der Waals surface area (Å²) in [7, 11) is 1.61. The molecule has 0 saturated heterocycles. The summed E-state index contributed by atoms with van der Waals surface area (Å²) >= 11 is 0. The maximum Gasteiger partial charge on any atom is 0.248 e. The molecule has 5 nitrogen and oxygen atoms in total. The van der Waals surface area contributed by atoms with Gasteiger partial charge in [0.1, 0.15) is 28.7 Å². The van der Waals surface area contributed by atoms with Crippen LogP contribution in [0.2, 0.25) is 0 Å². The summed E-state index contributed by atoms with van der Waals surface area (Å²) < 4.78 is 44.0. The molecule has 0 atom stereocenters. The second kappa shape index (κ2) is 9.79. The number of nitrogens with one attached hydrogen (secondary N) is 1. The maximum absolute atomic E-state index is 13.9. The molecule has 1 heterocycles. The fourth-order valence-electron chi connectivity index (χ4n) is 3.69. The summed E-state index contributed by atoms with van der Waals surface area (Å²) in [6.45, 7) is 4.04. The van der Waals surface area contributed by atoms with Crippen LogP contribution in [0.1, 0.15) is 19.4 Å². The number of rotatable bonds is 7. The van der Waals surface area contributed by atoms with Crippen molar-refractivity contribution in [2.24, 2.45) is 0 Å². The van der Waals surface area contributed by atoms with Crippen molar-refractivity contribution >= 4 is 28.1 Å². The summed E-state index contributed by atoms with van der Waals surface area (Å²) in [6.07, 6.45) is 3.01. The standard InChI is InChI=1S/C27H23F2NO4/c1-4-33-25-14-26-21(22(15-34-26)17-6-5-7-19(11-17)32-3)13-20(25)16(2)10-27(31)30-24-9-8-18(28)12-23(24)29/h5-15H,4H2,1-3H3,(H,30,31)/b16-10+. The molecular weight excluding hydrogens is 440 g/mol. The van der Waals surface area contributed by atoms with E-state index in [-0.39, 0.29) is 5.69 Å². The molecule has 0 radical (unpaired) electrons. The number of methoxy groups -OCH3 is 1. The molecule has 0 bridgehead atoms. The van der Waals surface area contributed by atoms with Gasteiger partial charge in [-0.25, -0.2) is 8.78 Å². The van der Waals surface area contributed by atoms with E-state index in [1.807, 2.05) is 37.3 Å². The molecule has 0 saturated carbocycles.